The van der Waals surface area contributed by atoms with Gasteiger partial charge in [0.15, 0.2) is 0 Å². The van der Waals surface area contributed by atoms with Crippen molar-refractivity contribution >= 4 is 9.20 Å². The molecule has 0 fully saturated rings. The van der Waals surface area contributed by atoms with Gasteiger partial charge in [-0.1, -0.05) is 32.1 Å². The van der Waals surface area contributed by atoms with E-state index in [1.165, 1.54) is 0 Å². The molecule has 0 aliphatic rings. The smallest absolute Gasteiger partial charge is 0.387 e. The van der Waals surface area contributed by atoms with Gasteiger partial charge < -0.3 is 4.84 Å². The van der Waals surface area contributed by atoms with E-state index >= 15 is 0 Å². The van der Waals surface area contributed by atoms with Crippen LogP contribution < -0.4 is 0 Å². The van der Waals surface area contributed by atoms with Gasteiger partial charge in [-0.25, -0.2) is 0 Å². The molecule has 62 valence electrons. The molecule has 0 spiro atoms. The van der Waals surface area contributed by atoms with Crippen molar-refractivity contribution in [2.45, 2.75) is 26.9 Å². The average Bonchev–Trinajstić information content (AvgIpc) is 1.87. The Labute approximate surface area is 69.0 Å². The molecule has 1 atom stereocenters. The molecule has 0 radical (unpaired) electrons. The molecular formula is C7H13NO2Si. The fraction of sp³-hybridized carbons (Fsp3) is 0.714. The molecule has 0 bridgehead atoms. The first-order valence-electron chi connectivity index (χ1n) is 3.38. The van der Waals surface area contributed by atoms with Gasteiger partial charge in [-0.05, 0) is 6.08 Å². The Hall–Kier alpha value is -0.643. The average molecular weight is 171 g/mol. The lowest BCUT2D eigenvalue weighted by Crippen LogP contribution is -2.25. The molecule has 0 rings (SSSR count). The Morgan fingerprint density at radius 1 is 1.64 bits per heavy atom. The zero-order chi connectivity index (χ0) is 8.91. The molecule has 0 saturated heterocycles. The summed E-state index contributed by atoms with van der Waals surface area (Å²) in [5.74, 6) is 0. The molecule has 4 heteroatoms. The van der Waals surface area contributed by atoms with Crippen LogP contribution in [0.4, 0.5) is 0 Å². The largest absolute Gasteiger partial charge is 0.434 e. The second-order valence-electron chi connectivity index (χ2n) is 3.31. The lowest BCUT2D eigenvalue weighted by atomic mass is 9.89. The summed E-state index contributed by atoms with van der Waals surface area (Å²) in [5, 5.41) is 0. The van der Waals surface area contributed by atoms with E-state index in [1.54, 1.807) is 6.08 Å². The number of hydrogen-bond donors (Lipinski definition) is 0. The van der Waals surface area contributed by atoms with E-state index in [-0.39, 0.29) is 11.5 Å². The van der Waals surface area contributed by atoms with Crippen LogP contribution in [0.15, 0.2) is 17.5 Å². The van der Waals surface area contributed by atoms with Gasteiger partial charge >= 0.3 is 9.20 Å². The van der Waals surface area contributed by atoms with E-state index in [4.69, 9.17) is 4.84 Å². The molecule has 1 unspecified atom stereocenters. The minimum atomic E-state index is -0.762. The van der Waals surface area contributed by atoms with E-state index < -0.39 is 9.20 Å². The Bertz CT molecular complexity index is 179. The topological polar surface area (TPSA) is 38.7 Å². The summed E-state index contributed by atoms with van der Waals surface area (Å²) in [7, 11) is -0.762. The van der Waals surface area contributed by atoms with E-state index in [9.17, 15) is 4.46 Å². The first-order chi connectivity index (χ1) is 5.02. The van der Waals surface area contributed by atoms with Gasteiger partial charge in [0, 0.05) is 5.41 Å². The Morgan fingerprint density at radius 2 is 2.18 bits per heavy atom. The van der Waals surface area contributed by atoms with Gasteiger partial charge in [0.1, 0.15) is 6.10 Å². The second kappa shape index (κ2) is 4.28. The van der Waals surface area contributed by atoms with Crippen LogP contribution in [-0.4, -0.2) is 15.3 Å². The Kier molecular flexibility index (Phi) is 4.03. The van der Waals surface area contributed by atoms with Crippen LogP contribution >= 0.6 is 0 Å². The summed E-state index contributed by atoms with van der Waals surface area (Å²) >= 11 is 0. The fourth-order valence-corrected chi connectivity index (χ4v) is 0.790. The molecular weight excluding hydrogens is 158 g/mol. The molecule has 0 N–H and O–H groups in total. The Balaban J connectivity index is 4.17. The number of nitrogens with zero attached hydrogens (tertiary/aromatic N) is 1. The molecule has 0 aliphatic carbocycles. The lowest BCUT2D eigenvalue weighted by Gasteiger charge is -2.24. The van der Waals surface area contributed by atoms with E-state index in [2.05, 4.69) is 11.4 Å². The maximum absolute atomic E-state index is 9.98. The van der Waals surface area contributed by atoms with E-state index in [0.717, 1.165) is 0 Å². The summed E-state index contributed by atoms with van der Waals surface area (Å²) in [6.45, 7) is 9.60. The van der Waals surface area contributed by atoms with Crippen LogP contribution in [0, 0.1) is 5.41 Å². The van der Waals surface area contributed by atoms with Gasteiger partial charge in [-0.2, -0.15) is 0 Å². The third-order valence-corrected chi connectivity index (χ3v) is 1.45. The second-order valence-corrected chi connectivity index (χ2v) is 3.68. The van der Waals surface area contributed by atoms with Gasteiger partial charge in [0.25, 0.3) is 0 Å². The highest BCUT2D eigenvalue weighted by Crippen LogP contribution is 2.22. The first-order valence-corrected chi connectivity index (χ1v) is 4.23. The molecule has 3 nitrogen and oxygen atoms in total. The quantitative estimate of drug-likeness (QED) is 0.368. The van der Waals surface area contributed by atoms with Crippen molar-refractivity contribution in [1.29, 1.82) is 0 Å². The van der Waals surface area contributed by atoms with Crippen LogP contribution in [-0.2, 0) is 9.30 Å². The predicted molar refractivity (Wildman–Crippen MR) is 43.4 cm³/mol. The Morgan fingerprint density at radius 3 is 2.45 bits per heavy atom. The summed E-state index contributed by atoms with van der Waals surface area (Å²) in [4.78, 5) is 8.22. The normalized spacial score (nSPS) is 13.0. The first kappa shape index (κ1) is 10.4. The zero-order valence-electron chi connectivity index (χ0n) is 7.13. The molecule has 0 heterocycles. The van der Waals surface area contributed by atoms with Crippen LogP contribution in [0.5, 0.6) is 0 Å². The summed E-state index contributed by atoms with van der Waals surface area (Å²) in [5.41, 5.74) is -0.0507. The van der Waals surface area contributed by atoms with Crippen LogP contribution in [0.3, 0.4) is 0 Å². The highest BCUT2D eigenvalue weighted by molar-refractivity contribution is 6.00. The van der Waals surface area contributed by atoms with E-state index in [0.29, 0.717) is 0 Å². The summed E-state index contributed by atoms with van der Waals surface area (Å²) in [6, 6.07) is 0. The summed E-state index contributed by atoms with van der Waals surface area (Å²) in [6.07, 6.45) is 1.48. The molecule has 0 aromatic carbocycles. The van der Waals surface area contributed by atoms with Crippen molar-refractivity contribution < 1.29 is 9.30 Å². The standard InChI is InChI=1S/C7H13NO2Si/c1-5-6(7(2,3)4)10-8-11-9/h5-6H,1H2,2-4H3. The van der Waals surface area contributed by atoms with Crippen molar-refractivity contribution in [2.24, 2.45) is 10.2 Å². The van der Waals surface area contributed by atoms with Crippen molar-refractivity contribution in [3.63, 3.8) is 0 Å². The maximum atomic E-state index is 9.98. The van der Waals surface area contributed by atoms with Crippen molar-refractivity contribution in [1.82, 2.24) is 0 Å². The molecule has 0 saturated carbocycles. The minimum Gasteiger partial charge on any atom is -0.387 e. The molecule has 0 amide bonds. The number of hydrogen-bond acceptors (Lipinski definition) is 3. The van der Waals surface area contributed by atoms with Crippen molar-refractivity contribution in [2.75, 3.05) is 0 Å². The highest BCUT2D eigenvalue weighted by Gasteiger charge is 2.23. The lowest BCUT2D eigenvalue weighted by molar-refractivity contribution is 0.0207. The summed E-state index contributed by atoms with van der Waals surface area (Å²) < 4.78 is 9.98. The van der Waals surface area contributed by atoms with Gasteiger partial charge in [-0.15, -0.1) is 0 Å². The van der Waals surface area contributed by atoms with Gasteiger partial charge in [0.05, 0.1) is 0 Å². The third-order valence-electron chi connectivity index (χ3n) is 1.27. The number of rotatable bonds is 3. The zero-order valence-corrected chi connectivity index (χ0v) is 8.13. The third kappa shape index (κ3) is 3.93. The van der Waals surface area contributed by atoms with E-state index in [1.807, 2.05) is 20.8 Å². The molecule has 0 aliphatic heterocycles. The minimum absolute atomic E-state index is 0.0507. The van der Waals surface area contributed by atoms with Crippen LogP contribution in [0.2, 0.25) is 0 Å². The molecule has 0 aromatic rings. The van der Waals surface area contributed by atoms with Gasteiger partial charge in [-0.3, -0.25) is 4.46 Å². The van der Waals surface area contributed by atoms with Gasteiger partial charge in [0.2, 0.25) is 0 Å². The fourth-order valence-electron chi connectivity index (χ4n) is 0.633. The van der Waals surface area contributed by atoms with Crippen LogP contribution in [0.25, 0.3) is 0 Å². The molecule has 11 heavy (non-hydrogen) atoms. The van der Waals surface area contributed by atoms with Crippen molar-refractivity contribution in [3.8, 4) is 0 Å². The highest BCUT2D eigenvalue weighted by atomic mass is 28.2. The SMILES string of the molecule is C=CC(ON=[Si]=O)C(C)(C)C. The van der Waals surface area contributed by atoms with Crippen LogP contribution in [0.1, 0.15) is 20.8 Å². The monoisotopic (exact) mass is 171 g/mol. The van der Waals surface area contributed by atoms with Crippen molar-refractivity contribution in [3.05, 3.63) is 12.7 Å². The predicted octanol–water partition coefficient (Wildman–Crippen LogP) is 1.75. The maximum Gasteiger partial charge on any atom is 0.434 e. The molecule has 0 aromatic heterocycles.